The molecule has 18 heavy (non-hydrogen) atoms. The van der Waals surface area contributed by atoms with E-state index in [1.54, 1.807) is 18.3 Å². The SMILES string of the molecule is CCC1CCCC(NC(=O)c2ccnc(Br)c2)C1. The Bertz CT molecular complexity index is 422. The highest BCUT2D eigenvalue weighted by Crippen LogP contribution is 2.26. The van der Waals surface area contributed by atoms with Crippen molar-refractivity contribution in [1.82, 2.24) is 10.3 Å². The lowest BCUT2D eigenvalue weighted by atomic mass is 9.84. The standard InChI is InChI=1S/C14H19BrN2O/c1-2-10-4-3-5-12(8-10)17-14(18)11-6-7-16-13(15)9-11/h6-7,9-10,12H,2-5,8H2,1H3,(H,17,18). The van der Waals surface area contributed by atoms with Gasteiger partial charge in [0.1, 0.15) is 4.60 Å². The highest BCUT2D eigenvalue weighted by molar-refractivity contribution is 9.10. The van der Waals surface area contributed by atoms with E-state index in [-0.39, 0.29) is 5.91 Å². The molecule has 1 aromatic rings. The second kappa shape index (κ2) is 6.32. The average Bonchev–Trinajstić information content (AvgIpc) is 2.39. The molecule has 3 nitrogen and oxygen atoms in total. The Balaban J connectivity index is 1.95. The zero-order valence-electron chi connectivity index (χ0n) is 10.7. The van der Waals surface area contributed by atoms with Crippen molar-refractivity contribution >= 4 is 21.8 Å². The minimum absolute atomic E-state index is 0.0138. The highest BCUT2D eigenvalue weighted by Gasteiger charge is 2.22. The fourth-order valence-electron chi connectivity index (χ4n) is 2.61. The molecule has 0 aliphatic heterocycles. The molecule has 1 saturated carbocycles. The summed E-state index contributed by atoms with van der Waals surface area (Å²) in [5.41, 5.74) is 0.676. The van der Waals surface area contributed by atoms with E-state index in [1.165, 1.54) is 19.3 Å². The van der Waals surface area contributed by atoms with Crippen molar-refractivity contribution in [3.8, 4) is 0 Å². The highest BCUT2D eigenvalue weighted by atomic mass is 79.9. The van der Waals surface area contributed by atoms with Gasteiger partial charge in [-0.05, 0) is 46.8 Å². The van der Waals surface area contributed by atoms with Gasteiger partial charge in [-0.3, -0.25) is 4.79 Å². The van der Waals surface area contributed by atoms with E-state index in [4.69, 9.17) is 0 Å². The number of nitrogens with one attached hydrogen (secondary N) is 1. The molecule has 1 N–H and O–H groups in total. The van der Waals surface area contributed by atoms with Crippen LogP contribution in [0.1, 0.15) is 49.4 Å². The number of hydrogen-bond acceptors (Lipinski definition) is 2. The maximum atomic E-state index is 12.1. The zero-order valence-corrected chi connectivity index (χ0v) is 12.2. The molecule has 0 saturated heterocycles. The summed E-state index contributed by atoms with van der Waals surface area (Å²) in [6.07, 6.45) is 7.62. The van der Waals surface area contributed by atoms with Crippen molar-refractivity contribution in [2.45, 2.75) is 45.1 Å². The van der Waals surface area contributed by atoms with E-state index in [1.807, 2.05) is 0 Å². The lowest BCUT2D eigenvalue weighted by Crippen LogP contribution is -2.38. The molecular weight excluding hydrogens is 292 g/mol. The molecule has 4 heteroatoms. The van der Waals surface area contributed by atoms with Crippen LogP contribution in [0.4, 0.5) is 0 Å². The van der Waals surface area contributed by atoms with Gasteiger partial charge in [-0.25, -0.2) is 4.98 Å². The molecular formula is C14H19BrN2O. The molecule has 98 valence electrons. The van der Waals surface area contributed by atoms with E-state index in [9.17, 15) is 4.79 Å². The maximum absolute atomic E-state index is 12.1. The van der Waals surface area contributed by atoms with Gasteiger partial charge in [0.25, 0.3) is 5.91 Å². The largest absolute Gasteiger partial charge is 0.349 e. The smallest absolute Gasteiger partial charge is 0.251 e. The second-order valence-electron chi connectivity index (χ2n) is 4.98. The van der Waals surface area contributed by atoms with Crippen LogP contribution in [-0.2, 0) is 0 Å². The summed E-state index contributed by atoms with van der Waals surface area (Å²) in [4.78, 5) is 16.1. The van der Waals surface area contributed by atoms with E-state index in [0.29, 0.717) is 16.2 Å². The molecule has 0 spiro atoms. The van der Waals surface area contributed by atoms with Gasteiger partial charge in [-0.15, -0.1) is 0 Å². The van der Waals surface area contributed by atoms with Gasteiger partial charge in [-0.1, -0.05) is 26.2 Å². The third kappa shape index (κ3) is 3.55. The normalized spacial score (nSPS) is 23.7. The van der Waals surface area contributed by atoms with Crippen LogP contribution in [0.15, 0.2) is 22.9 Å². The topological polar surface area (TPSA) is 42.0 Å². The van der Waals surface area contributed by atoms with Gasteiger partial charge < -0.3 is 5.32 Å². The summed E-state index contributed by atoms with van der Waals surface area (Å²) in [6, 6.07) is 3.85. The van der Waals surface area contributed by atoms with Crippen molar-refractivity contribution in [3.63, 3.8) is 0 Å². The number of nitrogens with zero attached hydrogens (tertiary/aromatic N) is 1. The fourth-order valence-corrected chi connectivity index (χ4v) is 2.97. The van der Waals surface area contributed by atoms with Gasteiger partial charge in [0.05, 0.1) is 0 Å². The second-order valence-corrected chi connectivity index (χ2v) is 5.79. The number of halogens is 1. The van der Waals surface area contributed by atoms with Crippen molar-refractivity contribution in [2.75, 3.05) is 0 Å². The average molecular weight is 311 g/mol. The molecule has 0 radical (unpaired) electrons. The maximum Gasteiger partial charge on any atom is 0.251 e. The zero-order chi connectivity index (χ0) is 13.0. The molecule has 1 aliphatic rings. The summed E-state index contributed by atoms with van der Waals surface area (Å²) in [7, 11) is 0. The van der Waals surface area contributed by atoms with Crippen molar-refractivity contribution in [1.29, 1.82) is 0 Å². The Morgan fingerprint density at radius 1 is 1.56 bits per heavy atom. The van der Waals surface area contributed by atoms with Crippen LogP contribution in [0.2, 0.25) is 0 Å². The lowest BCUT2D eigenvalue weighted by molar-refractivity contribution is 0.0919. The van der Waals surface area contributed by atoms with Crippen molar-refractivity contribution in [3.05, 3.63) is 28.5 Å². The molecule has 0 aromatic carbocycles. The predicted molar refractivity (Wildman–Crippen MR) is 75.4 cm³/mol. The number of amides is 1. The van der Waals surface area contributed by atoms with Gasteiger partial charge in [-0.2, -0.15) is 0 Å². The molecule has 0 bridgehead atoms. The minimum Gasteiger partial charge on any atom is -0.349 e. The number of pyridine rings is 1. The van der Waals surface area contributed by atoms with E-state index >= 15 is 0 Å². The number of hydrogen-bond donors (Lipinski definition) is 1. The minimum atomic E-state index is 0.0138. The first kappa shape index (κ1) is 13.5. The van der Waals surface area contributed by atoms with Crippen LogP contribution < -0.4 is 5.32 Å². The molecule has 1 amide bonds. The number of aromatic nitrogens is 1. The van der Waals surface area contributed by atoms with Gasteiger partial charge >= 0.3 is 0 Å². The van der Waals surface area contributed by atoms with Crippen molar-refractivity contribution < 1.29 is 4.79 Å². The van der Waals surface area contributed by atoms with Crippen LogP contribution in [0.5, 0.6) is 0 Å². The van der Waals surface area contributed by atoms with Crippen LogP contribution >= 0.6 is 15.9 Å². The number of carbonyl (C=O) groups excluding carboxylic acids is 1. The Labute approximate surface area is 117 Å². The summed E-state index contributed by atoms with van der Waals surface area (Å²) >= 11 is 3.29. The first-order valence-corrected chi connectivity index (χ1v) is 7.40. The van der Waals surface area contributed by atoms with Gasteiger partial charge in [0.15, 0.2) is 0 Å². The molecule has 1 fully saturated rings. The summed E-state index contributed by atoms with van der Waals surface area (Å²) in [6.45, 7) is 2.23. The van der Waals surface area contributed by atoms with Crippen LogP contribution in [-0.4, -0.2) is 16.9 Å². The monoisotopic (exact) mass is 310 g/mol. The molecule has 1 aromatic heterocycles. The Hall–Kier alpha value is -0.900. The molecule has 1 aliphatic carbocycles. The Morgan fingerprint density at radius 3 is 3.11 bits per heavy atom. The number of rotatable bonds is 3. The molecule has 2 atom stereocenters. The van der Waals surface area contributed by atoms with Crippen LogP contribution in [0, 0.1) is 5.92 Å². The van der Waals surface area contributed by atoms with E-state index in [2.05, 4.69) is 33.2 Å². The number of carbonyl (C=O) groups is 1. The summed E-state index contributed by atoms with van der Waals surface area (Å²) in [5, 5.41) is 3.14. The van der Waals surface area contributed by atoms with E-state index in [0.717, 1.165) is 18.8 Å². The first-order valence-electron chi connectivity index (χ1n) is 6.61. The third-order valence-corrected chi connectivity index (χ3v) is 4.12. The summed E-state index contributed by atoms with van der Waals surface area (Å²) < 4.78 is 0.699. The molecule has 2 rings (SSSR count). The quantitative estimate of drug-likeness (QED) is 0.868. The Kier molecular flexibility index (Phi) is 4.75. The molecule has 1 heterocycles. The third-order valence-electron chi connectivity index (χ3n) is 3.68. The van der Waals surface area contributed by atoms with Crippen molar-refractivity contribution in [2.24, 2.45) is 5.92 Å². The van der Waals surface area contributed by atoms with Crippen LogP contribution in [0.25, 0.3) is 0 Å². The van der Waals surface area contributed by atoms with Gasteiger partial charge in [0, 0.05) is 17.8 Å². The molecule has 2 unspecified atom stereocenters. The van der Waals surface area contributed by atoms with Crippen LogP contribution in [0.3, 0.4) is 0 Å². The van der Waals surface area contributed by atoms with Gasteiger partial charge in [0.2, 0.25) is 0 Å². The van der Waals surface area contributed by atoms with E-state index < -0.39 is 0 Å². The first-order chi connectivity index (χ1) is 8.69. The predicted octanol–water partition coefficient (Wildman–Crippen LogP) is 3.54. The Morgan fingerprint density at radius 2 is 2.39 bits per heavy atom. The summed E-state index contributed by atoms with van der Waals surface area (Å²) in [5.74, 6) is 0.785. The lowest BCUT2D eigenvalue weighted by Gasteiger charge is -2.29. The fraction of sp³-hybridized carbons (Fsp3) is 0.571.